The van der Waals surface area contributed by atoms with E-state index >= 15 is 0 Å². The largest absolute Gasteiger partial charge is 0.348 e. The van der Waals surface area contributed by atoms with E-state index in [2.05, 4.69) is 44.5 Å². The highest BCUT2D eigenvalue weighted by Gasteiger charge is 2.22. The number of aryl methyl sites for hydroxylation is 1. The van der Waals surface area contributed by atoms with Gasteiger partial charge in [0.2, 0.25) is 0 Å². The smallest absolute Gasteiger partial charge is 0.0483 e. The molecule has 2 aromatic rings. The first-order chi connectivity index (χ1) is 8.47. The molecule has 2 nitrogen and oxygen atoms in total. The molecule has 0 spiro atoms. The molecule has 3 heteroatoms. The van der Waals surface area contributed by atoms with E-state index in [1.54, 1.807) is 0 Å². The lowest BCUT2D eigenvalue weighted by atomic mass is 9.87. The van der Waals surface area contributed by atoms with Crippen molar-refractivity contribution in [1.82, 2.24) is 4.57 Å². The van der Waals surface area contributed by atoms with E-state index in [4.69, 9.17) is 17.3 Å². The van der Waals surface area contributed by atoms with Crippen molar-refractivity contribution in [1.29, 1.82) is 0 Å². The van der Waals surface area contributed by atoms with Gasteiger partial charge in [-0.1, -0.05) is 25.4 Å². The van der Waals surface area contributed by atoms with Gasteiger partial charge in [0.05, 0.1) is 0 Å². The van der Waals surface area contributed by atoms with Crippen molar-refractivity contribution < 1.29 is 0 Å². The number of fused-ring (bicyclic) bond motifs is 1. The average molecular weight is 265 g/mol. The van der Waals surface area contributed by atoms with Crippen molar-refractivity contribution >= 4 is 22.5 Å². The van der Waals surface area contributed by atoms with Crippen LogP contribution in [0.1, 0.15) is 31.0 Å². The van der Waals surface area contributed by atoms with Gasteiger partial charge in [-0.2, -0.15) is 0 Å². The second kappa shape index (κ2) is 4.94. The van der Waals surface area contributed by atoms with Gasteiger partial charge in [-0.3, -0.25) is 0 Å². The van der Waals surface area contributed by atoms with Crippen molar-refractivity contribution in [2.75, 3.05) is 6.54 Å². The zero-order valence-electron chi connectivity index (χ0n) is 11.5. The number of hydrogen-bond donors (Lipinski definition) is 1. The molecule has 1 aromatic carbocycles. The summed E-state index contributed by atoms with van der Waals surface area (Å²) >= 11 is 6.14. The molecule has 0 aliphatic heterocycles. The third-order valence-electron chi connectivity index (χ3n) is 3.93. The fourth-order valence-electron chi connectivity index (χ4n) is 2.76. The summed E-state index contributed by atoms with van der Waals surface area (Å²) in [6.07, 6.45) is 0. The van der Waals surface area contributed by atoms with Gasteiger partial charge >= 0.3 is 0 Å². The first-order valence-corrected chi connectivity index (χ1v) is 6.79. The lowest BCUT2D eigenvalue weighted by Crippen LogP contribution is -2.18. The van der Waals surface area contributed by atoms with Crippen molar-refractivity contribution in [3.63, 3.8) is 0 Å². The lowest BCUT2D eigenvalue weighted by Gasteiger charge is -2.20. The number of aromatic nitrogens is 1. The Hall–Kier alpha value is -0.990. The average Bonchev–Trinajstić information content (AvgIpc) is 2.54. The maximum atomic E-state index is 6.14. The zero-order valence-corrected chi connectivity index (χ0v) is 12.3. The van der Waals surface area contributed by atoms with Crippen LogP contribution in [0.3, 0.4) is 0 Å². The second-order valence-electron chi connectivity index (χ2n) is 5.31. The van der Waals surface area contributed by atoms with Crippen LogP contribution in [0.25, 0.3) is 10.9 Å². The number of nitrogens with zero attached hydrogens (tertiary/aromatic N) is 1. The van der Waals surface area contributed by atoms with Crippen LogP contribution >= 0.6 is 11.6 Å². The molecule has 0 aliphatic carbocycles. The summed E-state index contributed by atoms with van der Waals surface area (Å²) in [5.41, 5.74) is 9.84. The number of rotatable bonds is 3. The Bertz CT molecular complexity index is 569. The highest BCUT2D eigenvalue weighted by atomic mass is 35.5. The summed E-state index contributed by atoms with van der Waals surface area (Å²) in [6, 6.07) is 6.09. The maximum Gasteiger partial charge on any atom is 0.0483 e. The molecule has 2 N–H and O–H groups in total. The monoisotopic (exact) mass is 264 g/mol. The minimum absolute atomic E-state index is 0.382. The van der Waals surface area contributed by atoms with Crippen LogP contribution < -0.4 is 5.73 Å². The van der Waals surface area contributed by atoms with Crippen molar-refractivity contribution in [2.24, 2.45) is 18.7 Å². The third-order valence-corrected chi connectivity index (χ3v) is 4.17. The van der Waals surface area contributed by atoms with E-state index in [1.165, 1.54) is 22.2 Å². The molecule has 18 heavy (non-hydrogen) atoms. The van der Waals surface area contributed by atoms with Gasteiger partial charge in [0.1, 0.15) is 0 Å². The van der Waals surface area contributed by atoms with Crippen LogP contribution in [-0.2, 0) is 7.05 Å². The molecule has 98 valence electrons. The summed E-state index contributed by atoms with van der Waals surface area (Å²) in [7, 11) is 2.10. The predicted molar refractivity (Wildman–Crippen MR) is 79.3 cm³/mol. The first-order valence-electron chi connectivity index (χ1n) is 6.41. The molecule has 1 heterocycles. The van der Waals surface area contributed by atoms with Crippen LogP contribution in [0.2, 0.25) is 5.02 Å². The first kappa shape index (κ1) is 13.4. The number of hydrogen-bond acceptors (Lipinski definition) is 1. The van der Waals surface area contributed by atoms with Crippen LogP contribution in [0.5, 0.6) is 0 Å². The Morgan fingerprint density at radius 1 is 1.33 bits per heavy atom. The molecule has 0 saturated heterocycles. The fraction of sp³-hybridized carbons (Fsp3) is 0.467. The van der Waals surface area contributed by atoms with E-state index in [-0.39, 0.29) is 0 Å². The van der Waals surface area contributed by atoms with Crippen LogP contribution in [0, 0.1) is 12.8 Å². The van der Waals surface area contributed by atoms with Gasteiger partial charge in [-0.05, 0) is 43.1 Å². The zero-order chi connectivity index (χ0) is 13.4. The van der Waals surface area contributed by atoms with Crippen LogP contribution in [0.15, 0.2) is 18.2 Å². The highest BCUT2D eigenvalue weighted by Crippen LogP contribution is 2.35. The minimum atomic E-state index is 0.382. The normalized spacial score (nSPS) is 13.5. The minimum Gasteiger partial charge on any atom is -0.348 e. The Labute approximate surface area is 114 Å². The molecule has 0 fully saturated rings. The van der Waals surface area contributed by atoms with E-state index < -0.39 is 0 Å². The molecule has 0 bridgehead atoms. The van der Waals surface area contributed by atoms with Gasteiger partial charge in [0, 0.05) is 34.6 Å². The quantitative estimate of drug-likeness (QED) is 0.897. The number of halogens is 1. The Kier molecular flexibility index (Phi) is 3.69. The Morgan fingerprint density at radius 2 is 2.00 bits per heavy atom. The molecule has 0 saturated carbocycles. The number of benzene rings is 1. The fourth-order valence-corrected chi connectivity index (χ4v) is 2.94. The Balaban J connectivity index is 2.76. The molecule has 0 radical (unpaired) electrons. The van der Waals surface area contributed by atoms with Crippen LogP contribution in [-0.4, -0.2) is 11.1 Å². The third kappa shape index (κ3) is 2.04. The lowest BCUT2D eigenvalue weighted by molar-refractivity contribution is 0.506. The summed E-state index contributed by atoms with van der Waals surface area (Å²) in [5, 5.41) is 2.03. The van der Waals surface area contributed by atoms with Crippen molar-refractivity contribution in [3.05, 3.63) is 34.5 Å². The van der Waals surface area contributed by atoms with Crippen LogP contribution in [0.4, 0.5) is 0 Å². The Morgan fingerprint density at radius 3 is 2.56 bits per heavy atom. The van der Waals surface area contributed by atoms with E-state index in [1.807, 2.05) is 6.07 Å². The maximum absolute atomic E-state index is 6.14. The molecule has 1 atom stereocenters. The van der Waals surface area contributed by atoms with Crippen molar-refractivity contribution in [2.45, 2.75) is 26.7 Å². The van der Waals surface area contributed by atoms with E-state index in [0.29, 0.717) is 18.4 Å². The topological polar surface area (TPSA) is 30.9 Å². The predicted octanol–water partition coefficient (Wildman–Crippen LogP) is 3.84. The van der Waals surface area contributed by atoms with Gasteiger partial charge in [-0.15, -0.1) is 0 Å². The molecule has 1 aromatic heterocycles. The standard InChI is InChI=1S/C15H21ClN2/c1-9(2)13(8-17)15-10(3)18(4)14-6-5-11(16)7-12(14)15/h5-7,9,13H,8,17H2,1-4H3. The van der Waals surface area contributed by atoms with E-state index in [0.717, 1.165) is 5.02 Å². The van der Waals surface area contributed by atoms with E-state index in [9.17, 15) is 0 Å². The number of nitrogens with two attached hydrogens (primary N) is 1. The van der Waals surface area contributed by atoms with Gasteiger partial charge in [0.15, 0.2) is 0 Å². The second-order valence-corrected chi connectivity index (χ2v) is 5.74. The van der Waals surface area contributed by atoms with Gasteiger partial charge < -0.3 is 10.3 Å². The molecule has 0 amide bonds. The van der Waals surface area contributed by atoms with Crippen molar-refractivity contribution in [3.8, 4) is 0 Å². The summed E-state index contributed by atoms with van der Waals surface area (Å²) in [5.74, 6) is 0.908. The molecular formula is C15H21ClN2. The summed E-state index contributed by atoms with van der Waals surface area (Å²) in [6.45, 7) is 7.28. The summed E-state index contributed by atoms with van der Waals surface area (Å²) < 4.78 is 2.23. The van der Waals surface area contributed by atoms with Gasteiger partial charge in [-0.25, -0.2) is 0 Å². The molecule has 0 aliphatic rings. The highest BCUT2D eigenvalue weighted by molar-refractivity contribution is 6.31. The SMILES string of the molecule is Cc1c(C(CN)C(C)C)c2cc(Cl)ccc2n1C. The molecular weight excluding hydrogens is 244 g/mol. The summed E-state index contributed by atoms with van der Waals surface area (Å²) in [4.78, 5) is 0. The molecule has 1 unspecified atom stereocenters. The molecule has 2 rings (SSSR count). The van der Waals surface area contributed by atoms with Gasteiger partial charge in [0.25, 0.3) is 0 Å².